The molecule has 0 saturated heterocycles. The van der Waals surface area contributed by atoms with Crippen LogP contribution in [0.3, 0.4) is 0 Å². The molecular weight excluding hydrogens is 254 g/mol. The van der Waals surface area contributed by atoms with Gasteiger partial charge in [-0.3, -0.25) is 0 Å². The van der Waals surface area contributed by atoms with Gasteiger partial charge in [-0.2, -0.15) is 0 Å². The minimum atomic E-state index is -3.12. The van der Waals surface area contributed by atoms with Crippen LogP contribution < -0.4 is 15.2 Å². The average molecular weight is 273 g/mol. The second kappa shape index (κ2) is 6.61. The van der Waals surface area contributed by atoms with E-state index in [1.807, 2.05) is 0 Å². The largest absolute Gasteiger partial charge is 0.493 e. The first-order valence-corrected chi connectivity index (χ1v) is 7.46. The summed E-state index contributed by atoms with van der Waals surface area (Å²) in [7, 11) is -0.0621. The Morgan fingerprint density at radius 2 is 1.83 bits per heavy atom. The van der Waals surface area contributed by atoms with Crippen LogP contribution in [0.15, 0.2) is 18.2 Å². The topological polar surface area (TPSA) is 78.6 Å². The summed E-state index contributed by atoms with van der Waals surface area (Å²) < 4.78 is 33.8. The molecule has 18 heavy (non-hydrogen) atoms. The Hall–Kier alpha value is -1.27. The van der Waals surface area contributed by atoms with Gasteiger partial charge in [-0.05, 0) is 30.7 Å². The van der Waals surface area contributed by atoms with Crippen molar-refractivity contribution in [2.45, 2.75) is 12.2 Å². The average Bonchev–Trinajstić information content (AvgIpc) is 2.35. The molecule has 2 N–H and O–H groups in total. The van der Waals surface area contributed by atoms with E-state index < -0.39 is 9.84 Å². The Balaban J connectivity index is 2.85. The summed E-state index contributed by atoms with van der Waals surface area (Å²) in [5.74, 6) is 1.22. The lowest BCUT2D eigenvalue weighted by atomic mass is 10.2. The molecule has 0 amide bonds. The van der Waals surface area contributed by atoms with Gasteiger partial charge in [0.15, 0.2) is 21.3 Å². The SMILES string of the molecule is COc1ccc(CS(=O)(=O)CCCN)cc1OC. The second-order valence-corrected chi connectivity index (χ2v) is 6.11. The fraction of sp³-hybridized carbons (Fsp3) is 0.500. The Labute approximate surface area is 108 Å². The lowest BCUT2D eigenvalue weighted by Crippen LogP contribution is -2.13. The smallest absolute Gasteiger partial charge is 0.161 e. The summed E-state index contributed by atoms with van der Waals surface area (Å²) in [5, 5.41) is 0. The summed E-state index contributed by atoms with van der Waals surface area (Å²) in [5.41, 5.74) is 6.00. The predicted octanol–water partition coefficient (Wildman–Crippen LogP) is 0.967. The van der Waals surface area contributed by atoms with E-state index in [1.54, 1.807) is 18.2 Å². The fourth-order valence-electron chi connectivity index (χ4n) is 1.60. The zero-order chi connectivity index (χ0) is 13.6. The molecule has 0 aliphatic carbocycles. The highest BCUT2D eigenvalue weighted by atomic mass is 32.2. The van der Waals surface area contributed by atoms with Crippen LogP contribution in [0.2, 0.25) is 0 Å². The summed E-state index contributed by atoms with van der Waals surface area (Å²) in [4.78, 5) is 0. The van der Waals surface area contributed by atoms with Crippen LogP contribution in [0.1, 0.15) is 12.0 Å². The molecule has 0 unspecified atom stereocenters. The number of hydrogen-bond donors (Lipinski definition) is 1. The van der Waals surface area contributed by atoms with Crippen LogP contribution in [-0.4, -0.2) is 34.9 Å². The molecule has 0 heterocycles. The van der Waals surface area contributed by atoms with Crippen molar-refractivity contribution in [3.8, 4) is 11.5 Å². The zero-order valence-corrected chi connectivity index (χ0v) is 11.5. The third-order valence-corrected chi connectivity index (χ3v) is 4.18. The number of methoxy groups -OCH3 is 2. The monoisotopic (exact) mass is 273 g/mol. The van der Waals surface area contributed by atoms with Gasteiger partial charge in [-0.1, -0.05) is 6.07 Å². The van der Waals surface area contributed by atoms with Gasteiger partial charge in [0.1, 0.15) is 0 Å². The molecule has 0 spiro atoms. The first kappa shape index (κ1) is 14.8. The van der Waals surface area contributed by atoms with Crippen molar-refractivity contribution in [2.75, 3.05) is 26.5 Å². The highest BCUT2D eigenvalue weighted by molar-refractivity contribution is 7.90. The van der Waals surface area contributed by atoms with E-state index in [0.717, 1.165) is 0 Å². The van der Waals surface area contributed by atoms with Gasteiger partial charge >= 0.3 is 0 Å². The molecule has 6 heteroatoms. The van der Waals surface area contributed by atoms with Crippen LogP contribution in [0, 0.1) is 0 Å². The molecule has 102 valence electrons. The molecule has 0 radical (unpaired) electrons. The maximum absolute atomic E-state index is 11.8. The minimum absolute atomic E-state index is 0.00659. The standard InChI is InChI=1S/C12H19NO4S/c1-16-11-5-4-10(8-12(11)17-2)9-18(14,15)7-3-6-13/h4-5,8H,3,6-7,9,13H2,1-2H3. The van der Waals surface area contributed by atoms with Crippen molar-refractivity contribution >= 4 is 9.84 Å². The van der Waals surface area contributed by atoms with Crippen molar-refractivity contribution in [3.63, 3.8) is 0 Å². The van der Waals surface area contributed by atoms with E-state index in [1.165, 1.54) is 14.2 Å². The van der Waals surface area contributed by atoms with Gasteiger partial charge in [-0.25, -0.2) is 8.42 Å². The maximum Gasteiger partial charge on any atom is 0.161 e. The maximum atomic E-state index is 11.8. The lowest BCUT2D eigenvalue weighted by molar-refractivity contribution is 0.354. The quantitative estimate of drug-likeness (QED) is 0.800. The van der Waals surface area contributed by atoms with Crippen LogP contribution in [-0.2, 0) is 15.6 Å². The molecule has 0 aliphatic heterocycles. The number of hydrogen-bond acceptors (Lipinski definition) is 5. The Kier molecular flexibility index (Phi) is 5.43. The van der Waals surface area contributed by atoms with Crippen LogP contribution in [0.5, 0.6) is 11.5 Å². The van der Waals surface area contributed by atoms with Gasteiger partial charge in [-0.15, -0.1) is 0 Å². The molecule has 0 aliphatic rings. The van der Waals surface area contributed by atoms with E-state index in [9.17, 15) is 8.42 Å². The van der Waals surface area contributed by atoms with Gasteiger partial charge < -0.3 is 15.2 Å². The molecule has 1 rings (SSSR count). The van der Waals surface area contributed by atoms with Crippen molar-refractivity contribution in [1.82, 2.24) is 0 Å². The van der Waals surface area contributed by atoms with E-state index in [4.69, 9.17) is 15.2 Å². The summed E-state index contributed by atoms with van der Waals surface area (Å²) in [6.45, 7) is 0.380. The Morgan fingerprint density at radius 1 is 1.17 bits per heavy atom. The van der Waals surface area contributed by atoms with Crippen molar-refractivity contribution < 1.29 is 17.9 Å². The van der Waals surface area contributed by atoms with Gasteiger partial charge in [0, 0.05) is 0 Å². The van der Waals surface area contributed by atoms with E-state index >= 15 is 0 Å². The highest BCUT2D eigenvalue weighted by Gasteiger charge is 2.13. The van der Waals surface area contributed by atoms with E-state index in [2.05, 4.69) is 0 Å². The predicted molar refractivity (Wildman–Crippen MR) is 70.7 cm³/mol. The second-order valence-electron chi connectivity index (χ2n) is 3.92. The summed E-state index contributed by atoms with van der Waals surface area (Å²) >= 11 is 0. The number of ether oxygens (including phenoxy) is 2. The molecular formula is C12H19NO4S. The summed E-state index contributed by atoms with van der Waals surface area (Å²) in [6.07, 6.45) is 0.482. The van der Waals surface area contributed by atoms with Crippen molar-refractivity contribution in [1.29, 1.82) is 0 Å². The van der Waals surface area contributed by atoms with Crippen molar-refractivity contribution in [2.24, 2.45) is 5.73 Å². The minimum Gasteiger partial charge on any atom is -0.493 e. The Bertz CT molecular complexity index is 485. The molecule has 0 fully saturated rings. The lowest BCUT2D eigenvalue weighted by Gasteiger charge is -2.09. The molecule has 1 aromatic carbocycles. The van der Waals surface area contributed by atoms with Crippen LogP contribution in [0.4, 0.5) is 0 Å². The van der Waals surface area contributed by atoms with Gasteiger partial charge in [0.05, 0.1) is 25.7 Å². The van der Waals surface area contributed by atoms with Gasteiger partial charge in [0.25, 0.3) is 0 Å². The molecule has 0 atom stereocenters. The number of sulfone groups is 1. The highest BCUT2D eigenvalue weighted by Crippen LogP contribution is 2.28. The molecule has 0 saturated carbocycles. The van der Waals surface area contributed by atoms with E-state index in [0.29, 0.717) is 30.0 Å². The van der Waals surface area contributed by atoms with Crippen LogP contribution >= 0.6 is 0 Å². The third kappa shape index (κ3) is 4.19. The molecule has 0 bridgehead atoms. The third-order valence-electron chi connectivity index (χ3n) is 2.49. The molecule has 5 nitrogen and oxygen atoms in total. The number of benzene rings is 1. The molecule has 1 aromatic rings. The zero-order valence-electron chi connectivity index (χ0n) is 10.7. The number of rotatable bonds is 7. The normalized spacial score (nSPS) is 11.3. The van der Waals surface area contributed by atoms with Gasteiger partial charge in [0.2, 0.25) is 0 Å². The van der Waals surface area contributed by atoms with Crippen LogP contribution in [0.25, 0.3) is 0 Å². The Morgan fingerprint density at radius 3 is 2.39 bits per heavy atom. The molecule has 0 aromatic heterocycles. The summed E-state index contributed by atoms with van der Waals surface area (Å²) in [6, 6.07) is 5.10. The van der Waals surface area contributed by atoms with E-state index in [-0.39, 0.29) is 11.5 Å². The van der Waals surface area contributed by atoms with Crippen molar-refractivity contribution in [3.05, 3.63) is 23.8 Å². The number of nitrogens with two attached hydrogens (primary N) is 1. The first-order chi connectivity index (χ1) is 8.52. The first-order valence-electron chi connectivity index (χ1n) is 5.64. The fourth-order valence-corrected chi connectivity index (χ4v) is 3.04.